The largest absolute Gasteiger partial charge is 0.292 e. The number of Topliss-reactive ketones (excluding diaryl/α,β-unsaturated/α-hetero) is 1. The Morgan fingerprint density at radius 3 is 2.03 bits per heavy atom. The first-order valence-corrected chi connectivity index (χ1v) is 12.6. The molecule has 3 aromatic rings. The van der Waals surface area contributed by atoms with E-state index in [2.05, 4.69) is 37.9 Å². The highest BCUT2D eigenvalue weighted by Gasteiger charge is 2.50. The van der Waals surface area contributed by atoms with E-state index in [1.807, 2.05) is 95.0 Å². The third-order valence-corrected chi connectivity index (χ3v) is 7.63. The minimum Gasteiger partial charge on any atom is -0.292 e. The van der Waals surface area contributed by atoms with Gasteiger partial charge in [0.1, 0.15) is 0 Å². The third-order valence-electron chi connectivity index (χ3n) is 5.22. The molecule has 164 valence electrons. The van der Waals surface area contributed by atoms with Crippen molar-refractivity contribution in [2.24, 2.45) is 10.2 Å². The van der Waals surface area contributed by atoms with Crippen LogP contribution in [0.15, 0.2) is 110 Å². The van der Waals surface area contributed by atoms with Crippen LogP contribution in [0.3, 0.4) is 0 Å². The highest BCUT2D eigenvalue weighted by Crippen LogP contribution is 2.48. The summed E-state index contributed by atoms with van der Waals surface area (Å²) in [7, 11) is 0. The molecule has 1 unspecified atom stereocenters. The molecule has 0 aliphatic carbocycles. The summed E-state index contributed by atoms with van der Waals surface area (Å²) >= 11 is 8.39. The molecule has 0 amide bonds. The normalized spacial score (nSPS) is 19.6. The van der Waals surface area contributed by atoms with Crippen LogP contribution in [-0.2, 0) is 4.79 Å². The molecule has 0 fully saturated rings. The molecule has 1 atom stereocenters. The van der Waals surface area contributed by atoms with Crippen LogP contribution in [0.25, 0.3) is 0 Å². The third kappa shape index (κ3) is 4.18. The molecule has 3 aromatic carbocycles. The van der Waals surface area contributed by atoms with Gasteiger partial charge in [-0.3, -0.25) is 4.79 Å². The fraction of sp³-hybridized carbons (Fsp3) is 0.0800. The van der Waals surface area contributed by atoms with E-state index in [0.717, 1.165) is 31.6 Å². The van der Waals surface area contributed by atoms with Gasteiger partial charge in [0.05, 0.1) is 17.1 Å². The Labute approximate surface area is 213 Å². The van der Waals surface area contributed by atoms with Crippen LogP contribution >= 0.6 is 43.6 Å². The van der Waals surface area contributed by atoms with Gasteiger partial charge in [-0.15, -0.1) is 0 Å². The van der Waals surface area contributed by atoms with Crippen LogP contribution in [0.2, 0.25) is 0 Å². The van der Waals surface area contributed by atoms with Crippen molar-refractivity contribution >= 4 is 71.5 Å². The molecule has 2 heterocycles. The molecule has 0 saturated heterocycles. The van der Waals surface area contributed by atoms with Gasteiger partial charge in [0, 0.05) is 21.4 Å². The number of anilines is 2. The molecule has 0 N–H and O–H groups in total. The number of halogens is 2. The Balaban J connectivity index is 1.67. The zero-order valence-electron chi connectivity index (χ0n) is 17.5. The Kier molecular flexibility index (Phi) is 5.99. The molecule has 0 bridgehead atoms. The molecule has 5 nitrogen and oxygen atoms in total. The number of para-hydroxylation sites is 1. The quantitative estimate of drug-likeness (QED) is 0.340. The van der Waals surface area contributed by atoms with Crippen molar-refractivity contribution in [2.45, 2.75) is 11.9 Å². The lowest BCUT2D eigenvalue weighted by atomic mass is 10.1. The summed E-state index contributed by atoms with van der Waals surface area (Å²) in [5, 5.41) is 14.0. The van der Waals surface area contributed by atoms with Crippen molar-refractivity contribution in [2.75, 3.05) is 10.0 Å². The first-order chi connectivity index (χ1) is 16.0. The molecule has 33 heavy (non-hydrogen) atoms. The SMILES string of the molecule is CC(=O)C1=NN(c2ccc(Br)cc2)C2(C=CC(c3ccc(Br)cc3)=NN2c2ccccc2)S1. The standard InChI is InChI=1S/C25H18Br2N4OS/c1-17(32)24-29-31(22-13-11-20(27)12-14-22)25(33-24)16-15-23(18-7-9-19(26)10-8-18)28-30(25)21-5-3-2-4-6-21/h2-16H,1H3. The van der Waals surface area contributed by atoms with Gasteiger partial charge in [0.15, 0.2) is 10.8 Å². The van der Waals surface area contributed by atoms with Crippen molar-refractivity contribution < 1.29 is 4.79 Å². The lowest BCUT2D eigenvalue weighted by Crippen LogP contribution is -2.53. The molecule has 0 radical (unpaired) electrons. The molecule has 8 heteroatoms. The van der Waals surface area contributed by atoms with Crippen LogP contribution in [0, 0.1) is 0 Å². The van der Waals surface area contributed by atoms with E-state index in [-0.39, 0.29) is 5.78 Å². The molecule has 0 aromatic heterocycles. The predicted octanol–water partition coefficient (Wildman–Crippen LogP) is 6.80. The second-order valence-electron chi connectivity index (χ2n) is 7.48. The molecule has 2 aliphatic rings. The van der Waals surface area contributed by atoms with Gasteiger partial charge in [-0.25, -0.2) is 10.0 Å². The number of carbonyl (C=O) groups is 1. The van der Waals surface area contributed by atoms with Gasteiger partial charge in [-0.1, -0.05) is 62.2 Å². The Bertz CT molecular complexity index is 1290. The van der Waals surface area contributed by atoms with Crippen molar-refractivity contribution in [3.63, 3.8) is 0 Å². The highest BCUT2D eigenvalue weighted by molar-refractivity contribution is 9.10. The van der Waals surface area contributed by atoms with Gasteiger partial charge in [-0.05, 0) is 72.4 Å². The first-order valence-electron chi connectivity index (χ1n) is 10.2. The fourth-order valence-corrected chi connectivity index (χ4v) is 5.31. The average molecular weight is 582 g/mol. The topological polar surface area (TPSA) is 48.3 Å². The van der Waals surface area contributed by atoms with Gasteiger partial charge >= 0.3 is 0 Å². The molecular formula is C25H18Br2N4OS. The summed E-state index contributed by atoms with van der Waals surface area (Å²) in [6.07, 6.45) is 4.07. The van der Waals surface area contributed by atoms with Gasteiger partial charge in [0.2, 0.25) is 4.99 Å². The van der Waals surface area contributed by atoms with Crippen LogP contribution < -0.4 is 10.0 Å². The fourth-order valence-electron chi connectivity index (χ4n) is 3.63. The maximum atomic E-state index is 12.4. The van der Waals surface area contributed by atoms with Crippen LogP contribution in [-0.4, -0.2) is 21.5 Å². The monoisotopic (exact) mass is 580 g/mol. The van der Waals surface area contributed by atoms with E-state index >= 15 is 0 Å². The van der Waals surface area contributed by atoms with Crippen molar-refractivity contribution in [3.05, 3.63) is 106 Å². The summed E-state index contributed by atoms with van der Waals surface area (Å²) < 4.78 is 1.98. The highest BCUT2D eigenvalue weighted by atomic mass is 79.9. The van der Waals surface area contributed by atoms with Gasteiger partial charge in [-0.2, -0.15) is 10.2 Å². The van der Waals surface area contributed by atoms with Gasteiger partial charge in [0.25, 0.3) is 0 Å². The Hall–Kier alpha value is -2.68. The second kappa shape index (κ2) is 8.93. The lowest BCUT2D eigenvalue weighted by molar-refractivity contribution is -0.110. The molecular weight excluding hydrogens is 564 g/mol. The van der Waals surface area contributed by atoms with Crippen LogP contribution in [0.1, 0.15) is 12.5 Å². The van der Waals surface area contributed by atoms with E-state index in [4.69, 9.17) is 10.2 Å². The number of hydrogen-bond donors (Lipinski definition) is 0. The number of hydrazone groups is 2. The molecule has 0 saturated carbocycles. The number of carbonyl (C=O) groups excluding carboxylic acids is 1. The zero-order valence-corrected chi connectivity index (χ0v) is 21.5. The number of rotatable bonds is 4. The van der Waals surface area contributed by atoms with E-state index < -0.39 is 4.99 Å². The Morgan fingerprint density at radius 2 is 1.39 bits per heavy atom. The number of thioether (sulfide) groups is 1. The van der Waals surface area contributed by atoms with Crippen LogP contribution in [0.4, 0.5) is 11.4 Å². The van der Waals surface area contributed by atoms with E-state index in [1.54, 1.807) is 6.92 Å². The zero-order chi connectivity index (χ0) is 23.0. The van der Waals surface area contributed by atoms with Crippen LogP contribution in [0.5, 0.6) is 0 Å². The minimum atomic E-state index is -0.866. The van der Waals surface area contributed by atoms with E-state index in [9.17, 15) is 4.79 Å². The van der Waals surface area contributed by atoms with E-state index in [0.29, 0.717) is 5.04 Å². The maximum absolute atomic E-state index is 12.4. The number of hydrogen-bond acceptors (Lipinski definition) is 6. The van der Waals surface area contributed by atoms with Crippen molar-refractivity contribution in [1.29, 1.82) is 0 Å². The molecule has 1 spiro atoms. The second-order valence-corrected chi connectivity index (χ2v) is 10.5. The number of ketones is 1. The van der Waals surface area contributed by atoms with Crippen molar-refractivity contribution in [1.82, 2.24) is 0 Å². The molecule has 5 rings (SSSR count). The predicted molar refractivity (Wildman–Crippen MR) is 144 cm³/mol. The molecule has 2 aliphatic heterocycles. The van der Waals surface area contributed by atoms with Crippen molar-refractivity contribution in [3.8, 4) is 0 Å². The first kappa shape index (κ1) is 22.1. The Morgan fingerprint density at radius 1 is 0.818 bits per heavy atom. The van der Waals surface area contributed by atoms with E-state index in [1.165, 1.54) is 11.8 Å². The lowest BCUT2D eigenvalue weighted by Gasteiger charge is -2.43. The summed E-state index contributed by atoms with van der Waals surface area (Å²) in [6, 6.07) is 25.9. The number of allylic oxidation sites excluding steroid dienone is 1. The smallest absolute Gasteiger partial charge is 0.227 e. The summed E-state index contributed by atoms with van der Waals surface area (Å²) in [5.74, 6) is -0.0805. The number of nitrogens with zero attached hydrogens (tertiary/aromatic N) is 4. The summed E-state index contributed by atoms with van der Waals surface area (Å²) in [6.45, 7) is 1.54. The van der Waals surface area contributed by atoms with Gasteiger partial charge < -0.3 is 0 Å². The average Bonchev–Trinajstić information content (AvgIpc) is 3.21. The number of benzene rings is 3. The maximum Gasteiger partial charge on any atom is 0.227 e. The summed E-state index contributed by atoms with van der Waals surface area (Å²) in [4.78, 5) is 11.5. The minimum absolute atomic E-state index is 0.0805. The summed E-state index contributed by atoms with van der Waals surface area (Å²) in [5.41, 5.74) is 3.57.